The summed E-state index contributed by atoms with van der Waals surface area (Å²) in [6.07, 6.45) is 3.03. The molecular weight excluding hydrogens is 136 g/mol. The number of hydrogen-bond donors (Lipinski definition) is 0. The van der Waals surface area contributed by atoms with Gasteiger partial charge in [-0.2, -0.15) is 0 Å². The van der Waals surface area contributed by atoms with Crippen molar-refractivity contribution in [3.63, 3.8) is 0 Å². The van der Waals surface area contributed by atoms with E-state index in [2.05, 4.69) is 20.4 Å². The Kier molecular flexibility index (Phi) is 4.84. The molecule has 0 rings (SSSR count). The maximum atomic E-state index is 11.4. The molecule has 64 valence electrons. The van der Waals surface area contributed by atoms with Gasteiger partial charge in [0.1, 0.15) is 0 Å². The highest BCUT2D eigenvalue weighted by molar-refractivity contribution is 5.95. The van der Waals surface area contributed by atoms with Crippen molar-refractivity contribution in [3.05, 3.63) is 12.2 Å². The molecule has 1 atom stereocenters. The molecule has 0 radical (unpaired) electrons. The molecule has 0 aromatic rings. The molecule has 0 aliphatic carbocycles. The summed E-state index contributed by atoms with van der Waals surface area (Å²) in [5, 5.41) is 0. The Balaban J connectivity index is 4.02. The first-order chi connectivity index (χ1) is 5.13. The van der Waals surface area contributed by atoms with E-state index in [1.165, 1.54) is 0 Å². The van der Waals surface area contributed by atoms with Crippen molar-refractivity contribution in [2.24, 2.45) is 5.92 Å². The highest BCUT2D eigenvalue weighted by Gasteiger charge is 2.14. The van der Waals surface area contributed by atoms with Crippen molar-refractivity contribution < 1.29 is 4.79 Å². The van der Waals surface area contributed by atoms with E-state index in [1.807, 2.05) is 0 Å². The van der Waals surface area contributed by atoms with Crippen LogP contribution in [-0.4, -0.2) is 5.78 Å². The summed E-state index contributed by atoms with van der Waals surface area (Å²) in [7, 11) is 0. The van der Waals surface area contributed by atoms with Crippen LogP contribution in [0.25, 0.3) is 0 Å². The second-order valence-electron chi connectivity index (χ2n) is 3.04. The monoisotopic (exact) mass is 154 g/mol. The second kappa shape index (κ2) is 5.11. The van der Waals surface area contributed by atoms with Gasteiger partial charge in [-0.15, -0.1) is 0 Å². The molecule has 0 aliphatic rings. The maximum Gasteiger partial charge on any atom is 0.161 e. The summed E-state index contributed by atoms with van der Waals surface area (Å²) in [6.45, 7) is 9.61. The molecule has 0 heterocycles. The molecule has 1 unspecified atom stereocenters. The summed E-state index contributed by atoms with van der Waals surface area (Å²) >= 11 is 0. The number of rotatable bonds is 5. The second-order valence-corrected chi connectivity index (χ2v) is 3.04. The fourth-order valence-electron chi connectivity index (χ4n) is 1.22. The van der Waals surface area contributed by atoms with Crippen molar-refractivity contribution in [2.75, 3.05) is 0 Å². The molecule has 0 bridgehead atoms. The van der Waals surface area contributed by atoms with E-state index in [4.69, 9.17) is 0 Å². The Bertz CT molecular complexity index is 147. The molecule has 0 N–H and O–H groups in total. The van der Waals surface area contributed by atoms with E-state index in [1.54, 1.807) is 6.92 Å². The normalized spacial score (nSPS) is 12.6. The average molecular weight is 154 g/mol. The first-order valence-electron chi connectivity index (χ1n) is 4.33. The van der Waals surface area contributed by atoms with Crippen LogP contribution in [0.2, 0.25) is 0 Å². The smallest absolute Gasteiger partial charge is 0.161 e. The first-order valence-corrected chi connectivity index (χ1v) is 4.33. The molecule has 0 fully saturated rings. The number of Topliss-reactive ketones (excluding diaryl/α,β-unsaturated/α-hetero) is 1. The van der Waals surface area contributed by atoms with Gasteiger partial charge in [0.2, 0.25) is 0 Å². The number of ketones is 1. The van der Waals surface area contributed by atoms with Gasteiger partial charge in [-0.3, -0.25) is 4.79 Å². The average Bonchev–Trinajstić information content (AvgIpc) is 1.98. The molecule has 1 heteroatoms. The first kappa shape index (κ1) is 10.4. The zero-order chi connectivity index (χ0) is 8.85. The van der Waals surface area contributed by atoms with Crippen LogP contribution < -0.4 is 0 Å². The summed E-state index contributed by atoms with van der Waals surface area (Å²) in [6, 6.07) is 0. The van der Waals surface area contributed by atoms with Crippen molar-refractivity contribution in [3.8, 4) is 0 Å². The molecule has 11 heavy (non-hydrogen) atoms. The van der Waals surface area contributed by atoms with Gasteiger partial charge in [-0.05, 0) is 25.3 Å². The van der Waals surface area contributed by atoms with Gasteiger partial charge in [0.25, 0.3) is 0 Å². The van der Waals surface area contributed by atoms with E-state index >= 15 is 0 Å². The number of carbonyl (C=O) groups excluding carboxylic acids is 1. The van der Waals surface area contributed by atoms with Gasteiger partial charge in [-0.25, -0.2) is 0 Å². The third-order valence-corrected chi connectivity index (χ3v) is 1.92. The van der Waals surface area contributed by atoms with Crippen LogP contribution in [0.3, 0.4) is 0 Å². The minimum atomic E-state index is 0.220. The largest absolute Gasteiger partial charge is 0.294 e. The molecule has 0 aliphatic heterocycles. The van der Waals surface area contributed by atoms with Gasteiger partial charge in [0, 0.05) is 5.92 Å². The fraction of sp³-hybridized carbons (Fsp3) is 0.700. The Labute approximate surface area is 69.5 Å². The van der Waals surface area contributed by atoms with Crippen molar-refractivity contribution >= 4 is 5.78 Å². The SMILES string of the molecule is C=C(C)C(=O)C(CC)CCC. The molecule has 0 saturated carbocycles. The quantitative estimate of drug-likeness (QED) is 0.556. The van der Waals surface area contributed by atoms with Gasteiger partial charge >= 0.3 is 0 Å². The van der Waals surface area contributed by atoms with Crippen LogP contribution in [-0.2, 0) is 4.79 Å². The fourth-order valence-corrected chi connectivity index (χ4v) is 1.22. The van der Waals surface area contributed by atoms with Crippen LogP contribution in [0.5, 0.6) is 0 Å². The lowest BCUT2D eigenvalue weighted by molar-refractivity contribution is -0.119. The minimum absolute atomic E-state index is 0.220. The molecule has 0 spiro atoms. The van der Waals surface area contributed by atoms with Crippen LogP contribution in [0.4, 0.5) is 0 Å². The third-order valence-electron chi connectivity index (χ3n) is 1.92. The number of carbonyl (C=O) groups is 1. The Morgan fingerprint density at radius 1 is 1.45 bits per heavy atom. The van der Waals surface area contributed by atoms with Gasteiger partial charge < -0.3 is 0 Å². The summed E-state index contributed by atoms with van der Waals surface area (Å²) < 4.78 is 0. The summed E-state index contributed by atoms with van der Waals surface area (Å²) in [4.78, 5) is 11.4. The Morgan fingerprint density at radius 2 is 2.00 bits per heavy atom. The minimum Gasteiger partial charge on any atom is -0.294 e. The molecule has 0 aromatic heterocycles. The predicted octanol–water partition coefficient (Wildman–Crippen LogP) is 2.96. The van der Waals surface area contributed by atoms with E-state index in [0.29, 0.717) is 5.57 Å². The van der Waals surface area contributed by atoms with Gasteiger partial charge in [0.05, 0.1) is 0 Å². The van der Waals surface area contributed by atoms with Crippen LogP contribution in [0.1, 0.15) is 40.0 Å². The van der Waals surface area contributed by atoms with E-state index < -0.39 is 0 Å². The summed E-state index contributed by atoms with van der Waals surface area (Å²) in [5.41, 5.74) is 0.699. The van der Waals surface area contributed by atoms with E-state index in [-0.39, 0.29) is 11.7 Å². The molecular formula is C10H18O. The lowest BCUT2D eigenvalue weighted by Gasteiger charge is -2.11. The maximum absolute atomic E-state index is 11.4. The third kappa shape index (κ3) is 3.35. The zero-order valence-electron chi connectivity index (χ0n) is 7.81. The number of hydrogen-bond acceptors (Lipinski definition) is 1. The van der Waals surface area contributed by atoms with Crippen LogP contribution in [0.15, 0.2) is 12.2 Å². The lowest BCUT2D eigenvalue weighted by Crippen LogP contribution is -2.13. The topological polar surface area (TPSA) is 17.1 Å². The van der Waals surface area contributed by atoms with Crippen molar-refractivity contribution in [1.82, 2.24) is 0 Å². The predicted molar refractivity (Wildman–Crippen MR) is 48.5 cm³/mol. The van der Waals surface area contributed by atoms with Crippen LogP contribution >= 0.6 is 0 Å². The Morgan fingerprint density at radius 3 is 2.27 bits per heavy atom. The highest BCUT2D eigenvalue weighted by Crippen LogP contribution is 2.15. The van der Waals surface area contributed by atoms with E-state index in [0.717, 1.165) is 19.3 Å². The molecule has 0 amide bonds. The van der Waals surface area contributed by atoms with Gasteiger partial charge in [0.15, 0.2) is 5.78 Å². The molecule has 1 nitrogen and oxygen atoms in total. The highest BCUT2D eigenvalue weighted by atomic mass is 16.1. The van der Waals surface area contributed by atoms with Crippen LogP contribution in [0, 0.1) is 5.92 Å². The van der Waals surface area contributed by atoms with E-state index in [9.17, 15) is 4.79 Å². The zero-order valence-corrected chi connectivity index (χ0v) is 7.81. The summed E-state index contributed by atoms with van der Waals surface area (Å²) in [5.74, 6) is 0.465. The van der Waals surface area contributed by atoms with Gasteiger partial charge in [-0.1, -0.05) is 26.8 Å². The van der Waals surface area contributed by atoms with Crippen molar-refractivity contribution in [2.45, 2.75) is 40.0 Å². The Hall–Kier alpha value is -0.590. The van der Waals surface area contributed by atoms with Crippen molar-refractivity contribution in [1.29, 1.82) is 0 Å². The lowest BCUT2D eigenvalue weighted by atomic mass is 9.92. The number of allylic oxidation sites excluding steroid dienone is 1. The molecule has 0 saturated heterocycles. The molecule has 0 aromatic carbocycles. The standard InChI is InChI=1S/C10H18O/c1-5-7-9(6-2)10(11)8(3)4/h9H,3,5-7H2,1-2,4H3.